The number of ether oxygens (including phenoxy) is 2. The maximum Gasteiger partial charge on any atom is 0.264 e. The summed E-state index contributed by atoms with van der Waals surface area (Å²) in [5.41, 5.74) is 10.7. The van der Waals surface area contributed by atoms with Crippen LogP contribution in [0.5, 0.6) is 11.5 Å². The van der Waals surface area contributed by atoms with Gasteiger partial charge in [0.05, 0.1) is 30.9 Å². The van der Waals surface area contributed by atoms with Crippen LogP contribution in [0.4, 0.5) is 11.4 Å². The van der Waals surface area contributed by atoms with Crippen molar-refractivity contribution in [3.05, 3.63) is 153 Å². The molecule has 1 unspecified atom stereocenters. The predicted octanol–water partition coefficient (Wildman–Crippen LogP) is 8.09. The second-order valence-electron chi connectivity index (χ2n) is 20.2. The molecule has 4 aliphatic heterocycles. The van der Waals surface area contributed by atoms with Crippen LogP contribution in [0.25, 0.3) is 11.3 Å². The summed E-state index contributed by atoms with van der Waals surface area (Å²) in [7, 11) is 3.73. The molecule has 2 saturated heterocycles. The summed E-state index contributed by atoms with van der Waals surface area (Å²) in [6.07, 6.45) is 5.13. The third-order valence-electron chi connectivity index (χ3n) is 15.7. The Labute approximate surface area is 428 Å². The van der Waals surface area contributed by atoms with Gasteiger partial charge < -0.3 is 38.4 Å². The number of hydrogen-bond acceptors (Lipinski definition) is 9. The van der Waals surface area contributed by atoms with Crippen LogP contribution in [-0.2, 0) is 56.0 Å². The average Bonchev–Trinajstić information content (AvgIpc) is 3.88. The standard InChI is InChI=1S/C59H66N8O6/c1-40-52(59(71)67(47-14-16-50(68)17-15-47)55-34-48(36-60)61(3)41(55)2)35-56(62(40)4)53-32-44-20-23-65(57(69)30-42-12-18-51(19-13-42)73-29-26-63-24-27-72-28-25-63)37-46(44)33-54(53)58(70)66-38-45-11-7-6-10-43(45)31-49(66)39-64-21-8-5-9-22-64/h6-7,10-19,32-35,49,68H,5,8-9,20-31,37-39H2,1-4H3. The van der Waals surface area contributed by atoms with Crippen LogP contribution in [-0.4, -0.2) is 123 Å². The number of morpholine rings is 1. The predicted molar refractivity (Wildman–Crippen MR) is 281 cm³/mol. The molecule has 1 atom stereocenters. The number of piperidine rings is 1. The van der Waals surface area contributed by atoms with E-state index in [1.807, 2.05) is 72.8 Å². The van der Waals surface area contributed by atoms with Crippen LogP contribution in [0.1, 0.15) is 84.9 Å². The number of aromatic hydroxyl groups is 1. The van der Waals surface area contributed by atoms with E-state index < -0.39 is 0 Å². The molecule has 0 radical (unpaired) electrons. The normalized spacial score (nSPS) is 17.2. The van der Waals surface area contributed by atoms with Gasteiger partial charge in [0.25, 0.3) is 11.8 Å². The topological polar surface area (TPSA) is 140 Å². The summed E-state index contributed by atoms with van der Waals surface area (Å²) in [6, 6.07) is 32.7. The molecular weight excluding hydrogens is 917 g/mol. The van der Waals surface area contributed by atoms with E-state index >= 15 is 9.59 Å². The molecule has 0 bridgehead atoms. The van der Waals surface area contributed by atoms with Crippen molar-refractivity contribution in [1.82, 2.24) is 28.7 Å². The van der Waals surface area contributed by atoms with Gasteiger partial charge in [-0.3, -0.25) is 24.2 Å². The van der Waals surface area contributed by atoms with E-state index in [1.165, 1.54) is 12.0 Å². The lowest BCUT2D eigenvalue weighted by Gasteiger charge is -2.41. The van der Waals surface area contributed by atoms with E-state index in [4.69, 9.17) is 9.47 Å². The molecule has 0 saturated carbocycles. The summed E-state index contributed by atoms with van der Waals surface area (Å²) in [5, 5.41) is 20.3. The van der Waals surface area contributed by atoms with Gasteiger partial charge in [0.1, 0.15) is 29.9 Å². The van der Waals surface area contributed by atoms with Crippen molar-refractivity contribution < 1.29 is 29.0 Å². The first kappa shape index (κ1) is 49.4. The zero-order valence-corrected chi connectivity index (χ0v) is 42.6. The van der Waals surface area contributed by atoms with Crippen LogP contribution in [0.2, 0.25) is 0 Å². The maximum absolute atomic E-state index is 15.8. The molecule has 6 heterocycles. The third-order valence-corrected chi connectivity index (χ3v) is 15.7. The molecule has 0 spiro atoms. The molecule has 14 nitrogen and oxygen atoms in total. The van der Waals surface area contributed by atoms with Crippen molar-refractivity contribution in [3.63, 3.8) is 0 Å². The number of phenolic OH excluding ortho intramolecular Hbond substituents is 1. The molecular formula is C59H66N8O6. The van der Waals surface area contributed by atoms with Gasteiger partial charge in [-0.2, -0.15) is 5.26 Å². The van der Waals surface area contributed by atoms with E-state index in [0.717, 1.165) is 117 Å². The first-order valence-electron chi connectivity index (χ1n) is 25.9. The van der Waals surface area contributed by atoms with Gasteiger partial charge in [-0.15, -0.1) is 0 Å². The minimum absolute atomic E-state index is 0.0211. The molecule has 73 heavy (non-hydrogen) atoms. The van der Waals surface area contributed by atoms with Crippen LogP contribution >= 0.6 is 0 Å². The Morgan fingerprint density at radius 3 is 2.23 bits per heavy atom. The summed E-state index contributed by atoms with van der Waals surface area (Å²) in [6.45, 7) is 12.7. The van der Waals surface area contributed by atoms with Crippen molar-refractivity contribution >= 4 is 29.1 Å². The number of aromatic nitrogens is 2. The Morgan fingerprint density at radius 2 is 1.51 bits per heavy atom. The molecule has 1 N–H and O–H groups in total. The zero-order chi connectivity index (χ0) is 50.8. The molecule has 2 fully saturated rings. The molecule has 4 aliphatic rings. The van der Waals surface area contributed by atoms with Crippen LogP contribution in [0.15, 0.2) is 97.1 Å². The number of nitriles is 1. The highest BCUT2D eigenvalue weighted by molar-refractivity contribution is 6.13. The summed E-state index contributed by atoms with van der Waals surface area (Å²) < 4.78 is 15.3. The summed E-state index contributed by atoms with van der Waals surface area (Å²) in [5.74, 6) is 0.470. The minimum Gasteiger partial charge on any atom is -0.508 e. The highest BCUT2D eigenvalue weighted by Gasteiger charge is 2.36. The number of hydrogen-bond donors (Lipinski definition) is 1. The molecule has 4 aromatic carbocycles. The van der Waals surface area contributed by atoms with E-state index in [2.05, 4.69) is 45.0 Å². The molecule has 14 heteroatoms. The number of phenols is 1. The smallest absolute Gasteiger partial charge is 0.264 e. The first-order valence-corrected chi connectivity index (χ1v) is 25.9. The number of likely N-dealkylation sites (tertiary alicyclic amines) is 1. The van der Waals surface area contributed by atoms with Crippen molar-refractivity contribution in [3.8, 4) is 28.8 Å². The van der Waals surface area contributed by atoms with Gasteiger partial charge in [0, 0.05) is 99.8 Å². The van der Waals surface area contributed by atoms with E-state index in [1.54, 1.807) is 46.8 Å². The number of carbonyl (C=O) groups is 3. The molecule has 2 aromatic heterocycles. The zero-order valence-electron chi connectivity index (χ0n) is 42.6. The Bertz CT molecular complexity index is 3050. The van der Waals surface area contributed by atoms with Crippen LogP contribution in [0.3, 0.4) is 0 Å². The molecule has 378 valence electrons. The second-order valence-corrected chi connectivity index (χ2v) is 20.2. The minimum atomic E-state index is -0.316. The fraction of sp³-hybridized carbons (Fsp3) is 0.390. The lowest BCUT2D eigenvalue weighted by atomic mass is 9.89. The number of fused-ring (bicyclic) bond motifs is 2. The summed E-state index contributed by atoms with van der Waals surface area (Å²) in [4.78, 5) is 55.6. The average molecular weight is 983 g/mol. The van der Waals surface area contributed by atoms with Gasteiger partial charge in [0.15, 0.2) is 0 Å². The van der Waals surface area contributed by atoms with Gasteiger partial charge >= 0.3 is 0 Å². The van der Waals surface area contributed by atoms with Crippen molar-refractivity contribution in [2.75, 3.05) is 70.5 Å². The van der Waals surface area contributed by atoms with Crippen molar-refractivity contribution in [1.29, 1.82) is 5.26 Å². The molecule has 10 rings (SSSR count). The maximum atomic E-state index is 15.8. The van der Waals surface area contributed by atoms with Gasteiger partial charge in [0.2, 0.25) is 5.91 Å². The highest BCUT2D eigenvalue weighted by Crippen LogP contribution is 2.39. The number of rotatable bonds is 13. The summed E-state index contributed by atoms with van der Waals surface area (Å²) >= 11 is 0. The molecule has 6 aromatic rings. The van der Waals surface area contributed by atoms with E-state index in [0.29, 0.717) is 66.6 Å². The number of benzene rings is 4. The van der Waals surface area contributed by atoms with E-state index in [9.17, 15) is 15.2 Å². The fourth-order valence-electron chi connectivity index (χ4n) is 11.2. The highest BCUT2D eigenvalue weighted by atomic mass is 16.5. The van der Waals surface area contributed by atoms with Gasteiger partial charge in [-0.1, -0.05) is 42.8 Å². The molecule has 0 aliphatic carbocycles. The monoisotopic (exact) mass is 983 g/mol. The third kappa shape index (κ3) is 10.4. The quantitative estimate of drug-likeness (QED) is 0.122. The Hall–Kier alpha value is -7.18. The lowest BCUT2D eigenvalue weighted by Crippen LogP contribution is -2.51. The lowest BCUT2D eigenvalue weighted by molar-refractivity contribution is -0.131. The Morgan fingerprint density at radius 1 is 0.767 bits per heavy atom. The largest absolute Gasteiger partial charge is 0.508 e. The van der Waals surface area contributed by atoms with Gasteiger partial charge in [-0.05, 0) is 141 Å². The fourth-order valence-corrected chi connectivity index (χ4v) is 11.2. The Kier molecular flexibility index (Phi) is 14.5. The van der Waals surface area contributed by atoms with Crippen LogP contribution < -0.4 is 9.64 Å². The van der Waals surface area contributed by atoms with Gasteiger partial charge in [-0.25, -0.2) is 0 Å². The Balaban J connectivity index is 0.986. The number of amides is 3. The number of carbonyl (C=O) groups excluding carboxylic acids is 3. The molecule has 3 amide bonds. The first-order chi connectivity index (χ1) is 35.4. The number of nitrogens with zero attached hydrogens (tertiary/aromatic N) is 8. The van der Waals surface area contributed by atoms with E-state index in [-0.39, 0.29) is 35.9 Å². The SMILES string of the molecule is Cc1c(N(C(=O)c2cc(-c3cc4c(cc3C(=O)N3Cc5ccccc5CC3CN3CCCCC3)CN(C(=O)Cc3ccc(OCCN5CCOCC5)cc3)CC4)n(C)c2C)c2ccc(O)cc2)cc(C#N)n1C. The van der Waals surface area contributed by atoms with Crippen molar-refractivity contribution in [2.24, 2.45) is 14.1 Å². The van der Waals surface area contributed by atoms with Crippen molar-refractivity contribution in [2.45, 2.75) is 71.5 Å². The number of anilines is 2. The van der Waals surface area contributed by atoms with Crippen LogP contribution in [0, 0.1) is 25.2 Å². The second kappa shape index (κ2) is 21.5.